The molecule has 5 aromatic rings. The molecule has 232 valence electrons. The summed E-state index contributed by atoms with van der Waals surface area (Å²) >= 11 is 0. The molecule has 0 radical (unpaired) electrons. The molecule has 12 heteroatoms. The van der Waals surface area contributed by atoms with Crippen LogP contribution in [0.4, 0.5) is 24.5 Å². The molecular formula is C33H32F3N7O2. The van der Waals surface area contributed by atoms with Crippen molar-refractivity contribution in [2.24, 2.45) is 0 Å². The van der Waals surface area contributed by atoms with Crippen LogP contribution >= 0.6 is 0 Å². The third-order valence-electron chi connectivity index (χ3n) is 7.88. The largest absolute Gasteiger partial charge is 0.437 e. The molecule has 1 aliphatic rings. The van der Waals surface area contributed by atoms with E-state index in [1.165, 1.54) is 12.1 Å². The van der Waals surface area contributed by atoms with Crippen molar-refractivity contribution >= 4 is 28.3 Å². The number of anilines is 2. The van der Waals surface area contributed by atoms with Crippen LogP contribution in [0.3, 0.4) is 0 Å². The van der Waals surface area contributed by atoms with Gasteiger partial charge in [0.1, 0.15) is 11.3 Å². The van der Waals surface area contributed by atoms with Gasteiger partial charge in [0.15, 0.2) is 5.82 Å². The molecule has 4 N–H and O–H groups in total. The number of ether oxygens (including phenoxy) is 1. The van der Waals surface area contributed by atoms with E-state index in [1.54, 1.807) is 49.5 Å². The minimum absolute atomic E-state index is 0.0905. The Balaban J connectivity index is 1.24. The topological polar surface area (TPSA) is 112 Å². The smallest absolute Gasteiger partial charge is 0.416 e. The fourth-order valence-electron chi connectivity index (χ4n) is 5.22. The first-order chi connectivity index (χ1) is 21.5. The second-order valence-corrected chi connectivity index (χ2v) is 11.2. The number of likely N-dealkylation sites (N-methyl/N-ethyl adjacent to an activating group) is 1. The van der Waals surface area contributed by atoms with E-state index in [0.29, 0.717) is 52.6 Å². The zero-order valence-electron chi connectivity index (χ0n) is 24.8. The number of piperazine rings is 1. The number of alkyl halides is 3. The summed E-state index contributed by atoms with van der Waals surface area (Å²) in [6.45, 7) is 4.90. The fraction of sp³-hybridized carbons (Fsp3) is 0.242. The Bertz CT molecular complexity index is 1850. The number of aromatic nitrogens is 3. The molecule has 3 aromatic carbocycles. The highest BCUT2D eigenvalue weighted by molar-refractivity contribution is 6.05. The van der Waals surface area contributed by atoms with Gasteiger partial charge in [0.25, 0.3) is 5.91 Å². The number of hydrogen-bond acceptors (Lipinski definition) is 7. The normalized spacial score (nSPS) is 14.5. The molecule has 6 rings (SSSR count). The molecule has 0 aliphatic carbocycles. The first kappa shape index (κ1) is 30.1. The number of aryl methyl sites for hydroxylation is 1. The molecule has 3 heterocycles. The lowest BCUT2D eigenvalue weighted by Gasteiger charge is -2.33. The molecule has 45 heavy (non-hydrogen) atoms. The first-order valence-electron chi connectivity index (χ1n) is 14.5. The lowest BCUT2D eigenvalue weighted by molar-refractivity contribution is -0.138. The van der Waals surface area contributed by atoms with Crippen molar-refractivity contribution in [3.05, 3.63) is 95.2 Å². The van der Waals surface area contributed by atoms with Gasteiger partial charge in [-0.1, -0.05) is 12.1 Å². The predicted molar refractivity (Wildman–Crippen MR) is 167 cm³/mol. The molecule has 2 aromatic heterocycles. The maximum atomic E-state index is 14.1. The van der Waals surface area contributed by atoms with Crippen LogP contribution in [0.15, 0.2) is 72.9 Å². The summed E-state index contributed by atoms with van der Waals surface area (Å²) in [6.07, 6.45) is -2.88. The molecule has 0 saturated carbocycles. The number of nitrogens with one attached hydrogen (secondary N) is 2. The third-order valence-corrected chi connectivity index (χ3v) is 7.88. The zero-order chi connectivity index (χ0) is 31.7. The number of H-pyrrole nitrogens is 1. The summed E-state index contributed by atoms with van der Waals surface area (Å²) in [5.41, 5.74) is 8.76. The number of carbonyl (C=O) groups excluding carboxylic acids is 1. The van der Waals surface area contributed by atoms with Crippen LogP contribution in [-0.4, -0.2) is 63.9 Å². The van der Waals surface area contributed by atoms with Gasteiger partial charge < -0.3 is 25.7 Å². The Hall–Kier alpha value is -4.94. The summed E-state index contributed by atoms with van der Waals surface area (Å²) in [6, 6.07) is 17.8. The van der Waals surface area contributed by atoms with Crippen LogP contribution in [0.25, 0.3) is 22.4 Å². The molecule has 0 unspecified atom stereocenters. The highest BCUT2D eigenvalue weighted by Crippen LogP contribution is 2.35. The lowest BCUT2D eigenvalue weighted by atomic mass is 10.0. The quantitative estimate of drug-likeness (QED) is 0.184. The predicted octanol–water partition coefficient (Wildman–Crippen LogP) is 6.33. The number of amides is 1. The van der Waals surface area contributed by atoms with Crippen LogP contribution in [0.5, 0.6) is 11.6 Å². The van der Waals surface area contributed by atoms with E-state index < -0.39 is 17.6 Å². The summed E-state index contributed by atoms with van der Waals surface area (Å²) in [4.78, 5) is 29.7. The molecule has 0 atom stereocenters. The molecule has 1 saturated heterocycles. The van der Waals surface area contributed by atoms with Crippen LogP contribution in [-0.2, 0) is 12.7 Å². The van der Waals surface area contributed by atoms with E-state index in [4.69, 9.17) is 10.5 Å². The van der Waals surface area contributed by atoms with Crippen molar-refractivity contribution in [2.75, 3.05) is 44.3 Å². The van der Waals surface area contributed by atoms with Gasteiger partial charge in [-0.25, -0.2) is 4.98 Å². The number of nitrogens with two attached hydrogens (primary N) is 1. The van der Waals surface area contributed by atoms with E-state index in [0.717, 1.165) is 24.7 Å². The first-order valence-corrected chi connectivity index (χ1v) is 14.5. The highest BCUT2D eigenvalue weighted by atomic mass is 19.4. The third kappa shape index (κ3) is 6.76. The van der Waals surface area contributed by atoms with Crippen molar-refractivity contribution < 1.29 is 22.7 Å². The van der Waals surface area contributed by atoms with E-state index >= 15 is 0 Å². The van der Waals surface area contributed by atoms with Gasteiger partial charge in [0, 0.05) is 67.5 Å². The zero-order valence-corrected chi connectivity index (χ0v) is 24.8. The average Bonchev–Trinajstić information content (AvgIpc) is 3.49. The van der Waals surface area contributed by atoms with E-state index in [-0.39, 0.29) is 23.6 Å². The van der Waals surface area contributed by atoms with Crippen molar-refractivity contribution in [1.82, 2.24) is 24.8 Å². The van der Waals surface area contributed by atoms with Gasteiger partial charge in [-0.15, -0.1) is 0 Å². The summed E-state index contributed by atoms with van der Waals surface area (Å²) in [5.74, 6) is 0.413. The fourth-order valence-corrected chi connectivity index (χ4v) is 5.22. The minimum Gasteiger partial charge on any atom is -0.437 e. The number of rotatable bonds is 7. The van der Waals surface area contributed by atoms with Crippen molar-refractivity contribution in [3.63, 3.8) is 0 Å². The molecule has 9 nitrogen and oxygen atoms in total. The Labute approximate surface area is 257 Å². The molecule has 1 aliphatic heterocycles. The van der Waals surface area contributed by atoms with Crippen LogP contribution in [0, 0.1) is 6.92 Å². The van der Waals surface area contributed by atoms with E-state index in [9.17, 15) is 18.0 Å². The van der Waals surface area contributed by atoms with Gasteiger partial charge in [-0.05, 0) is 73.6 Å². The standard InChI is InChI=1S/C33H32F3N7O2/c1-20-3-10-25(45-32-29-27(11-12-38-29)39-30(41-32)21-6-8-24(37)9-7-21)18-28(20)40-31(44)22-4-5-23(26(17-22)33(34,35)36)19-43-15-13-42(2)14-16-43/h3-12,17-18,38H,13-16,19,37H2,1-2H3,(H,40,44). The van der Waals surface area contributed by atoms with E-state index in [1.807, 2.05) is 24.1 Å². The Morgan fingerprint density at radius 2 is 1.76 bits per heavy atom. The number of hydrogen-bond donors (Lipinski definition) is 3. The number of fused-ring (bicyclic) bond motifs is 1. The van der Waals surface area contributed by atoms with Crippen LogP contribution in [0.1, 0.15) is 27.0 Å². The second-order valence-electron chi connectivity index (χ2n) is 11.2. The number of carbonyl (C=O) groups is 1. The molecular weight excluding hydrogens is 583 g/mol. The molecule has 1 amide bonds. The maximum Gasteiger partial charge on any atom is 0.416 e. The second kappa shape index (κ2) is 12.2. The number of halogens is 3. The van der Waals surface area contributed by atoms with Gasteiger partial charge in [0.2, 0.25) is 5.88 Å². The van der Waals surface area contributed by atoms with Crippen LogP contribution in [0.2, 0.25) is 0 Å². The minimum atomic E-state index is -4.60. The van der Waals surface area contributed by atoms with Gasteiger partial charge in [-0.3, -0.25) is 9.69 Å². The van der Waals surface area contributed by atoms with Crippen molar-refractivity contribution in [1.29, 1.82) is 0 Å². The lowest BCUT2D eigenvalue weighted by Crippen LogP contribution is -2.44. The maximum absolute atomic E-state index is 14.1. The Kier molecular flexibility index (Phi) is 8.17. The Morgan fingerprint density at radius 3 is 2.49 bits per heavy atom. The average molecular weight is 616 g/mol. The Morgan fingerprint density at radius 1 is 1.00 bits per heavy atom. The van der Waals surface area contributed by atoms with Gasteiger partial charge >= 0.3 is 6.18 Å². The van der Waals surface area contributed by atoms with Gasteiger partial charge in [0.05, 0.1) is 11.1 Å². The van der Waals surface area contributed by atoms with Crippen molar-refractivity contribution in [2.45, 2.75) is 19.6 Å². The van der Waals surface area contributed by atoms with Crippen molar-refractivity contribution in [3.8, 4) is 23.0 Å². The number of nitrogen functional groups attached to an aromatic ring is 1. The molecule has 0 spiro atoms. The van der Waals surface area contributed by atoms with Crippen LogP contribution < -0.4 is 15.8 Å². The monoisotopic (exact) mass is 615 g/mol. The number of aromatic amines is 1. The summed E-state index contributed by atoms with van der Waals surface area (Å²) in [5, 5.41) is 2.76. The summed E-state index contributed by atoms with van der Waals surface area (Å²) < 4.78 is 48.5. The number of nitrogens with zero attached hydrogens (tertiary/aromatic N) is 4. The number of benzene rings is 3. The summed E-state index contributed by atoms with van der Waals surface area (Å²) in [7, 11) is 1.99. The van der Waals surface area contributed by atoms with Gasteiger partial charge in [-0.2, -0.15) is 18.2 Å². The highest BCUT2D eigenvalue weighted by Gasteiger charge is 2.34. The molecule has 1 fully saturated rings. The SMILES string of the molecule is Cc1ccc(Oc2nc(-c3ccc(N)cc3)nc3cc[nH]c23)cc1NC(=O)c1ccc(CN2CCN(C)CC2)c(C(F)(F)F)c1. The molecule has 0 bridgehead atoms. The van der Waals surface area contributed by atoms with E-state index in [2.05, 4.69) is 25.2 Å².